The van der Waals surface area contributed by atoms with Crippen LogP contribution in [0.1, 0.15) is 30.9 Å². The average Bonchev–Trinajstić information content (AvgIpc) is 2.51. The lowest BCUT2D eigenvalue weighted by Gasteiger charge is -2.28. The van der Waals surface area contributed by atoms with E-state index in [1.807, 2.05) is 30.3 Å². The largest absolute Gasteiger partial charge is 0.321 e. The Labute approximate surface area is 136 Å². The maximum absolute atomic E-state index is 6.55. The van der Waals surface area contributed by atoms with Gasteiger partial charge in [-0.3, -0.25) is 0 Å². The SMILES string of the molecule is CCC(N)(CC=Cc1ccccc1)c1ccc(Cl)c(Cl)c1. The van der Waals surface area contributed by atoms with Crippen molar-refractivity contribution in [1.29, 1.82) is 0 Å². The minimum absolute atomic E-state index is 0.431. The third-order valence-electron chi connectivity index (χ3n) is 3.72. The number of nitrogens with two attached hydrogens (primary N) is 1. The first-order valence-electron chi connectivity index (χ1n) is 7.01. The predicted molar refractivity (Wildman–Crippen MR) is 92.7 cm³/mol. The summed E-state index contributed by atoms with van der Waals surface area (Å²) in [5, 5.41) is 1.10. The Morgan fingerprint density at radius 1 is 1.05 bits per heavy atom. The van der Waals surface area contributed by atoms with E-state index in [9.17, 15) is 0 Å². The molecule has 0 aliphatic carbocycles. The summed E-state index contributed by atoms with van der Waals surface area (Å²) < 4.78 is 0. The molecule has 1 unspecified atom stereocenters. The summed E-state index contributed by atoms with van der Waals surface area (Å²) in [6.45, 7) is 2.08. The number of rotatable bonds is 5. The molecule has 2 aromatic rings. The summed E-state index contributed by atoms with van der Waals surface area (Å²) in [6, 6.07) is 15.8. The molecule has 0 aliphatic rings. The quantitative estimate of drug-likeness (QED) is 0.755. The molecule has 3 heteroatoms. The molecule has 0 saturated heterocycles. The van der Waals surface area contributed by atoms with E-state index >= 15 is 0 Å². The zero-order chi connectivity index (χ0) is 15.3. The Morgan fingerprint density at radius 2 is 1.76 bits per heavy atom. The molecule has 0 amide bonds. The van der Waals surface area contributed by atoms with Crippen LogP contribution in [0.3, 0.4) is 0 Å². The van der Waals surface area contributed by atoms with Gasteiger partial charge >= 0.3 is 0 Å². The van der Waals surface area contributed by atoms with Crippen molar-refractivity contribution < 1.29 is 0 Å². The molecule has 0 spiro atoms. The highest BCUT2D eigenvalue weighted by atomic mass is 35.5. The lowest BCUT2D eigenvalue weighted by Crippen LogP contribution is -2.35. The Morgan fingerprint density at radius 3 is 2.38 bits per heavy atom. The van der Waals surface area contributed by atoms with Gasteiger partial charge in [-0.15, -0.1) is 0 Å². The third-order valence-corrected chi connectivity index (χ3v) is 4.46. The second kappa shape index (κ2) is 7.13. The van der Waals surface area contributed by atoms with Crippen molar-refractivity contribution in [2.75, 3.05) is 0 Å². The summed E-state index contributed by atoms with van der Waals surface area (Å²) in [6.07, 6.45) is 5.77. The molecule has 110 valence electrons. The van der Waals surface area contributed by atoms with Crippen LogP contribution in [-0.4, -0.2) is 0 Å². The maximum atomic E-state index is 6.55. The van der Waals surface area contributed by atoms with Gasteiger partial charge in [0.1, 0.15) is 0 Å². The topological polar surface area (TPSA) is 26.0 Å². The van der Waals surface area contributed by atoms with Crippen LogP contribution in [0.25, 0.3) is 6.08 Å². The van der Waals surface area contributed by atoms with Crippen LogP contribution >= 0.6 is 23.2 Å². The second-order valence-electron chi connectivity index (χ2n) is 5.16. The van der Waals surface area contributed by atoms with E-state index in [1.165, 1.54) is 5.56 Å². The van der Waals surface area contributed by atoms with Crippen molar-refractivity contribution >= 4 is 29.3 Å². The summed E-state index contributed by atoms with van der Waals surface area (Å²) in [7, 11) is 0. The van der Waals surface area contributed by atoms with Crippen LogP contribution in [0.5, 0.6) is 0 Å². The smallest absolute Gasteiger partial charge is 0.0595 e. The molecule has 1 atom stereocenters. The zero-order valence-corrected chi connectivity index (χ0v) is 13.5. The fraction of sp³-hybridized carbons (Fsp3) is 0.222. The summed E-state index contributed by atoms with van der Waals surface area (Å²) in [5.74, 6) is 0. The first-order chi connectivity index (χ1) is 10.0. The van der Waals surface area contributed by atoms with Crippen molar-refractivity contribution in [1.82, 2.24) is 0 Å². The highest BCUT2D eigenvalue weighted by Crippen LogP contribution is 2.31. The molecule has 1 nitrogen and oxygen atoms in total. The van der Waals surface area contributed by atoms with Gasteiger partial charge in [0.05, 0.1) is 10.0 Å². The standard InChI is InChI=1S/C18H19Cl2N/c1-2-18(21,15-10-11-16(19)17(20)13-15)12-6-9-14-7-4-3-5-8-14/h3-11,13H,2,12,21H2,1H3. The summed E-state index contributed by atoms with van der Waals surface area (Å²) in [5.41, 5.74) is 8.30. The van der Waals surface area contributed by atoms with Gasteiger partial charge in [-0.25, -0.2) is 0 Å². The molecule has 0 heterocycles. The minimum Gasteiger partial charge on any atom is -0.321 e. The number of halogens is 2. The maximum Gasteiger partial charge on any atom is 0.0595 e. The lowest BCUT2D eigenvalue weighted by atomic mass is 9.85. The molecular weight excluding hydrogens is 301 g/mol. The highest BCUT2D eigenvalue weighted by molar-refractivity contribution is 6.42. The second-order valence-corrected chi connectivity index (χ2v) is 5.97. The number of hydrogen-bond donors (Lipinski definition) is 1. The fourth-order valence-corrected chi connectivity index (χ4v) is 2.54. The van der Waals surface area contributed by atoms with Crippen LogP contribution in [0.15, 0.2) is 54.6 Å². The monoisotopic (exact) mass is 319 g/mol. The van der Waals surface area contributed by atoms with Gasteiger partial charge in [0.25, 0.3) is 0 Å². The Kier molecular flexibility index (Phi) is 5.46. The van der Waals surface area contributed by atoms with E-state index in [0.717, 1.165) is 18.4 Å². The molecule has 0 fully saturated rings. The van der Waals surface area contributed by atoms with Gasteiger partial charge in [0.2, 0.25) is 0 Å². The van der Waals surface area contributed by atoms with Crippen molar-refractivity contribution in [2.45, 2.75) is 25.3 Å². The summed E-state index contributed by atoms with van der Waals surface area (Å²) >= 11 is 12.1. The first kappa shape index (κ1) is 16.1. The van der Waals surface area contributed by atoms with Crippen LogP contribution in [0.2, 0.25) is 10.0 Å². The van der Waals surface area contributed by atoms with Gasteiger partial charge in [-0.1, -0.05) is 78.7 Å². The molecule has 21 heavy (non-hydrogen) atoms. The van der Waals surface area contributed by atoms with Crippen LogP contribution in [0.4, 0.5) is 0 Å². The molecule has 2 rings (SSSR count). The number of hydrogen-bond acceptors (Lipinski definition) is 1. The molecule has 0 bridgehead atoms. The van der Waals surface area contributed by atoms with Crippen molar-refractivity contribution in [3.63, 3.8) is 0 Å². The van der Waals surface area contributed by atoms with Crippen molar-refractivity contribution in [3.8, 4) is 0 Å². The van der Waals surface area contributed by atoms with E-state index in [1.54, 1.807) is 6.07 Å². The highest BCUT2D eigenvalue weighted by Gasteiger charge is 2.24. The van der Waals surface area contributed by atoms with E-state index in [2.05, 4.69) is 31.2 Å². The fourth-order valence-electron chi connectivity index (χ4n) is 2.24. The molecule has 0 radical (unpaired) electrons. The Hall–Kier alpha value is -1.28. The Bertz CT molecular complexity index is 622. The van der Waals surface area contributed by atoms with Crippen molar-refractivity contribution in [2.24, 2.45) is 5.73 Å². The van der Waals surface area contributed by atoms with Crippen LogP contribution in [0, 0.1) is 0 Å². The van der Waals surface area contributed by atoms with Gasteiger partial charge in [-0.05, 0) is 36.1 Å². The lowest BCUT2D eigenvalue weighted by molar-refractivity contribution is 0.434. The van der Waals surface area contributed by atoms with E-state index in [-0.39, 0.29) is 0 Å². The van der Waals surface area contributed by atoms with Crippen molar-refractivity contribution in [3.05, 3.63) is 75.8 Å². The molecule has 0 saturated carbocycles. The summed E-state index contributed by atoms with van der Waals surface area (Å²) in [4.78, 5) is 0. The average molecular weight is 320 g/mol. The zero-order valence-electron chi connectivity index (χ0n) is 12.0. The molecule has 2 N–H and O–H groups in total. The molecule has 0 aliphatic heterocycles. The Balaban J connectivity index is 2.17. The van der Waals surface area contributed by atoms with Crippen LogP contribution in [-0.2, 0) is 5.54 Å². The van der Waals surface area contributed by atoms with Gasteiger partial charge in [0.15, 0.2) is 0 Å². The molecular formula is C18H19Cl2N. The third kappa shape index (κ3) is 4.10. The van der Waals surface area contributed by atoms with E-state index in [4.69, 9.17) is 28.9 Å². The molecule has 0 aromatic heterocycles. The van der Waals surface area contributed by atoms with Gasteiger partial charge in [0, 0.05) is 5.54 Å². The molecule has 2 aromatic carbocycles. The first-order valence-corrected chi connectivity index (χ1v) is 7.77. The van der Waals surface area contributed by atoms with Gasteiger partial charge in [-0.2, -0.15) is 0 Å². The number of benzene rings is 2. The van der Waals surface area contributed by atoms with Gasteiger partial charge < -0.3 is 5.73 Å². The minimum atomic E-state index is -0.431. The van der Waals surface area contributed by atoms with E-state index < -0.39 is 5.54 Å². The predicted octanol–water partition coefficient (Wildman–Crippen LogP) is 5.66. The van der Waals surface area contributed by atoms with Crippen LogP contribution < -0.4 is 5.73 Å². The van der Waals surface area contributed by atoms with E-state index in [0.29, 0.717) is 10.0 Å². The normalized spacial score (nSPS) is 14.3.